The third-order valence-corrected chi connectivity index (χ3v) is 4.68. The summed E-state index contributed by atoms with van der Waals surface area (Å²) in [6, 6.07) is 23.9. The fourth-order valence-corrected chi connectivity index (χ4v) is 3.11. The molecule has 156 valence electrons. The molecule has 0 saturated carbocycles. The van der Waals surface area contributed by atoms with Gasteiger partial charge in [0.25, 0.3) is 0 Å². The number of carboxylic acids is 1. The third-order valence-electron chi connectivity index (χ3n) is 4.68. The van der Waals surface area contributed by atoms with E-state index >= 15 is 0 Å². The van der Waals surface area contributed by atoms with Gasteiger partial charge in [-0.25, -0.2) is 9.48 Å². The quantitative estimate of drug-likeness (QED) is 0.433. The van der Waals surface area contributed by atoms with Gasteiger partial charge in [-0.05, 0) is 47.5 Å². The van der Waals surface area contributed by atoms with Crippen LogP contribution in [0.1, 0.15) is 17.2 Å². The predicted molar refractivity (Wildman–Crippen MR) is 114 cm³/mol. The molecule has 0 aliphatic heterocycles. The van der Waals surface area contributed by atoms with E-state index in [9.17, 15) is 9.90 Å². The predicted octanol–water partition coefficient (Wildman–Crippen LogP) is 4.52. The summed E-state index contributed by atoms with van der Waals surface area (Å²) in [5.74, 6) is 1.27. The first-order valence-electron chi connectivity index (χ1n) is 9.79. The average molecular weight is 415 g/mol. The summed E-state index contributed by atoms with van der Waals surface area (Å²) in [6.07, 6.45) is 3.32. The zero-order chi connectivity index (χ0) is 21.5. The van der Waals surface area contributed by atoms with Crippen molar-refractivity contribution >= 4 is 5.97 Å². The van der Waals surface area contributed by atoms with Gasteiger partial charge in [0.1, 0.15) is 23.9 Å². The minimum Gasteiger partial charge on any atom is -0.489 e. The van der Waals surface area contributed by atoms with Gasteiger partial charge in [0.2, 0.25) is 0 Å². The van der Waals surface area contributed by atoms with Crippen molar-refractivity contribution in [1.82, 2.24) is 15.0 Å². The summed E-state index contributed by atoms with van der Waals surface area (Å²) in [5, 5.41) is 16.9. The van der Waals surface area contributed by atoms with Crippen LogP contribution in [0, 0.1) is 0 Å². The topological polar surface area (TPSA) is 86.5 Å². The van der Waals surface area contributed by atoms with Crippen LogP contribution in [0.3, 0.4) is 0 Å². The molecule has 1 unspecified atom stereocenters. The number of ether oxygens (including phenoxy) is 2. The van der Waals surface area contributed by atoms with Crippen LogP contribution in [0.5, 0.6) is 17.2 Å². The summed E-state index contributed by atoms with van der Waals surface area (Å²) < 4.78 is 13.1. The molecule has 4 rings (SSSR count). The number of hydrogen-bond acceptors (Lipinski definition) is 5. The van der Waals surface area contributed by atoms with Gasteiger partial charge >= 0.3 is 5.97 Å². The number of para-hydroxylation sites is 1. The Kier molecular flexibility index (Phi) is 6.23. The minimum atomic E-state index is -0.955. The molecule has 0 aliphatic rings. The lowest BCUT2D eigenvalue weighted by Crippen LogP contribution is -2.22. The maximum atomic E-state index is 11.5. The number of carbonyl (C=O) groups is 1. The van der Waals surface area contributed by atoms with Crippen LogP contribution in [0.15, 0.2) is 91.3 Å². The zero-order valence-corrected chi connectivity index (χ0v) is 16.7. The third kappa shape index (κ3) is 5.48. The Labute approximate surface area is 179 Å². The highest BCUT2D eigenvalue weighted by Crippen LogP contribution is 2.23. The van der Waals surface area contributed by atoms with Crippen LogP contribution in [0.25, 0.3) is 0 Å². The number of aromatic nitrogens is 3. The van der Waals surface area contributed by atoms with Crippen LogP contribution >= 0.6 is 0 Å². The van der Waals surface area contributed by atoms with E-state index in [4.69, 9.17) is 9.47 Å². The Morgan fingerprint density at radius 2 is 1.68 bits per heavy atom. The summed E-state index contributed by atoms with van der Waals surface area (Å²) in [7, 11) is 0. The molecule has 0 radical (unpaired) electrons. The monoisotopic (exact) mass is 415 g/mol. The van der Waals surface area contributed by atoms with Gasteiger partial charge in [-0.15, -0.1) is 5.10 Å². The molecule has 0 amide bonds. The van der Waals surface area contributed by atoms with Crippen LogP contribution in [0.4, 0.5) is 0 Å². The summed E-state index contributed by atoms with van der Waals surface area (Å²) >= 11 is 0. The molecular weight excluding hydrogens is 394 g/mol. The molecule has 7 nitrogen and oxygen atoms in total. The Hall–Kier alpha value is -4.13. The van der Waals surface area contributed by atoms with E-state index in [1.165, 1.54) is 10.9 Å². The highest BCUT2D eigenvalue weighted by atomic mass is 16.5. The van der Waals surface area contributed by atoms with Gasteiger partial charge < -0.3 is 14.6 Å². The highest BCUT2D eigenvalue weighted by molar-refractivity contribution is 5.72. The second-order valence-electron chi connectivity index (χ2n) is 6.94. The number of rotatable bonds is 9. The summed E-state index contributed by atoms with van der Waals surface area (Å²) in [4.78, 5) is 11.5. The Morgan fingerprint density at radius 3 is 2.39 bits per heavy atom. The van der Waals surface area contributed by atoms with Crippen molar-refractivity contribution in [1.29, 1.82) is 0 Å². The molecule has 4 aromatic rings. The molecule has 7 heteroatoms. The van der Waals surface area contributed by atoms with E-state index in [-0.39, 0.29) is 0 Å². The molecule has 31 heavy (non-hydrogen) atoms. The van der Waals surface area contributed by atoms with E-state index in [1.54, 1.807) is 6.20 Å². The van der Waals surface area contributed by atoms with E-state index in [0.29, 0.717) is 18.8 Å². The largest absolute Gasteiger partial charge is 0.489 e. The van der Waals surface area contributed by atoms with Crippen LogP contribution in [-0.2, 0) is 17.8 Å². The van der Waals surface area contributed by atoms with Gasteiger partial charge in [0.15, 0.2) is 6.04 Å². The lowest BCUT2D eigenvalue weighted by Gasteiger charge is -2.13. The molecule has 0 saturated heterocycles. The second-order valence-corrected chi connectivity index (χ2v) is 6.94. The number of benzene rings is 3. The van der Waals surface area contributed by atoms with Crippen molar-refractivity contribution in [3.05, 3.63) is 102 Å². The number of carboxylic acid groups (broad SMARTS) is 1. The highest BCUT2D eigenvalue weighted by Gasteiger charge is 2.20. The van der Waals surface area contributed by atoms with Crippen molar-refractivity contribution in [2.75, 3.05) is 0 Å². The first-order valence-corrected chi connectivity index (χ1v) is 9.79. The molecule has 0 aliphatic carbocycles. The molecule has 1 heterocycles. The SMILES string of the molecule is O=C(O)C(Cc1ccc(OCc2cccc(Oc3ccccc3)c2)cc1)n1ccnn1. The normalized spacial score (nSPS) is 11.6. The summed E-state index contributed by atoms with van der Waals surface area (Å²) in [5.41, 5.74) is 1.85. The van der Waals surface area contributed by atoms with Crippen molar-refractivity contribution < 1.29 is 19.4 Å². The van der Waals surface area contributed by atoms with Crippen molar-refractivity contribution in [3.8, 4) is 17.2 Å². The van der Waals surface area contributed by atoms with Gasteiger partial charge in [-0.2, -0.15) is 0 Å². The fourth-order valence-electron chi connectivity index (χ4n) is 3.11. The maximum absolute atomic E-state index is 11.5. The zero-order valence-electron chi connectivity index (χ0n) is 16.7. The lowest BCUT2D eigenvalue weighted by molar-refractivity contribution is -0.141. The molecule has 1 aromatic heterocycles. The average Bonchev–Trinajstić information content (AvgIpc) is 3.32. The van der Waals surface area contributed by atoms with Gasteiger partial charge in [-0.1, -0.05) is 47.7 Å². The minimum absolute atomic E-state index is 0.303. The van der Waals surface area contributed by atoms with E-state index in [0.717, 1.165) is 22.6 Å². The number of hydrogen-bond donors (Lipinski definition) is 1. The second kappa shape index (κ2) is 9.58. The van der Waals surface area contributed by atoms with Crippen LogP contribution in [-0.4, -0.2) is 26.1 Å². The molecule has 3 aromatic carbocycles. The van der Waals surface area contributed by atoms with E-state index in [2.05, 4.69) is 10.3 Å². The Morgan fingerprint density at radius 1 is 0.903 bits per heavy atom. The molecular formula is C24H21N3O4. The van der Waals surface area contributed by atoms with E-state index < -0.39 is 12.0 Å². The number of aliphatic carboxylic acids is 1. The van der Waals surface area contributed by atoms with Crippen LogP contribution in [0.2, 0.25) is 0 Å². The van der Waals surface area contributed by atoms with E-state index in [1.807, 2.05) is 78.9 Å². The first-order chi connectivity index (χ1) is 15.2. The van der Waals surface area contributed by atoms with Crippen molar-refractivity contribution in [2.24, 2.45) is 0 Å². The van der Waals surface area contributed by atoms with Gasteiger partial charge in [0, 0.05) is 12.6 Å². The molecule has 0 fully saturated rings. The Balaban J connectivity index is 1.35. The van der Waals surface area contributed by atoms with Crippen LogP contribution < -0.4 is 9.47 Å². The Bertz CT molecular complexity index is 1110. The number of nitrogens with zero attached hydrogens (tertiary/aromatic N) is 3. The first kappa shape index (κ1) is 20.2. The molecule has 0 spiro atoms. The van der Waals surface area contributed by atoms with Crippen molar-refractivity contribution in [2.45, 2.75) is 19.1 Å². The molecule has 0 bridgehead atoms. The van der Waals surface area contributed by atoms with Crippen molar-refractivity contribution in [3.63, 3.8) is 0 Å². The van der Waals surface area contributed by atoms with Gasteiger partial charge in [-0.3, -0.25) is 0 Å². The lowest BCUT2D eigenvalue weighted by atomic mass is 10.1. The molecule has 1 N–H and O–H groups in total. The van der Waals surface area contributed by atoms with Gasteiger partial charge in [0.05, 0.1) is 6.20 Å². The maximum Gasteiger partial charge on any atom is 0.328 e. The smallest absolute Gasteiger partial charge is 0.328 e. The standard InChI is InChI=1S/C24H21N3O4/c28-24(29)23(27-14-13-25-26-27)16-18-9-11-20(12-10-18)30-17-19-5-4-8-22(15-19)31-21-6-2-1-3-7-21/h1-15,23H,16-17H2,(H,28,29). The summed E-state index contributed by atoms with van der Waals surface area (Å²) in [6.45, 7) is 0.391. The fraction of sp³-hybridized carbons (Fsp3) is 0.125. The molecule has 1 atom stereocenters.